The summed E-state index contributed by atoms with van der Waals surface area (Å²) >= 11 is 0. The van der Waals surface area contributed by atoms with Gasteiger partial charge in [0.2, 0.25) is 0 Å². The maximum atomic E-state index is 13.5. The SMILES string of the molecule is Cc1cn2nc(C3=CC(=O)N4C=C(N5CCN6CCCC6C5)C=CC4=CCC3C)cc2cn1. The van der Waals surface area contributed by atoms with E-state index >= 15 is 0 Å². The van der Waals surface area contributed by atoms with Gasteiger partial charge in [-0.15, -0.1) is 0 Å². The summed E-state index contributed by atoms with van der Waals surface area (Å²) in [5.41, 5.74) is 5.75. The third-order valence-corrected chi connectivity index (χ3v) is 7.41. The van der Waals surface area contributed by atoms with Gasteiger partial charge in [-0.05, 0) is 62.4 Å². The number of allylic oxidation sites excluding steroid dienone is 4. The first-order valence-electron chi connectivity index (χ1n) is 12.0. The van der Waals surface area contributed by atoms with Crippen molar-refractivity contribution in [3.63, 3.8) is 0 Å². The Hall–Kier alpha value is -3.19. The van der Waals surface area contributed by atoms with E-state index in [1.165, 1.54) is 19.4 Å². The number of aryl methyl sites for hydroxylation is 1. The summed E-state index contributed by atoms with van der Waals surface area (Å²) in [6.07, 6.45) is 17.4. The topological polar surface area (TPSA) is 57.0 Å². The normalized spacial score (nSPS) is 25.9. The molecule has 1 amide bonds. The Labute approximate surface area is 194 Å². The summed E-state index contributed by atoms with van der Waals surface area (Å²) in [5.74, 6) is 0.173. The second-order valence-electron chi connectivity index (χ2n) is 9.67. The lowest BCUT2D eigenvalue weighted by molar-refractivity contribution is -0.122. The van der Waals surface area contributed by atoms with Crippen LogP contribution in [0.4, 0.5) is 0 Å². The van der Waals surface area contributed by atoms with E-state index in [1.807, 2.05) is 41.0 Å². The molecule has 7 nitrogen and oxygen atoms in total. The molecule has 2 saturated heterocycles. The molecule has 2 aromatic rings. The van der Waals surface area contributed by atoms with Gasteiger partial charge in [-0.3, -0.25) is 19.6 Å². The molecule has 6 heterocycles. The molecular formula is C26H30N6O. The standard InChI is InChI=1S/C26H30N6O/c1-18-5-6-20-7-8-22(30-11-10-29-9-3-4-21(29)16-30)17-31(20)26(33)13-24(18)25-12-23-14-27-19(2)15-32(23)28-25/h6-8,12-15,17-18,21H,3-5,9-11,16H2,1-2H3. The molecule has 7 heteroatoms. The van der Waals surface area contributed by atoms with Crippen LogP contribution in [0.3, 0.4) is 0 Å². The van der Waals surface area contributed by atoms with Gasteiger partial charge in [0.25, 0.3) is 5.91 Å². The largest absolute Gasteiger partial charge is 0.367 e. The van der Waals surface area contributed by atoms with Gasteiger partial charge in [-0.1, -0.05) is 13.0 Å². The molecule has 0 saturated carbocycles. The minimum Gasteiger partial charge on any atom is -0.367 e. The highest BCUT2D eigenvalue weighted by molar-refractivity contribution is 5.98. The summed E-state index contributed by atoms with van der Waals surface area (Å²) in [6.45, 7) is 8.51. The molecule has 170 valence electrons. The van der Waals surface area contributed by atoms with Gasteiger partial charge in [-0.2, -0.15) is 5.10 Å². The summed E-state index contributed by atoms with van der Waals surface area (Å²) < 4.78 is 1.85. The zero-order valence-electron chi connectivity index (χ0n) is 19.3. The average Bonchev–Trinajstić information content (AvgIpc) is 3.45. The average molecular weight is 443 g/mol. The Kier molecular flexibility index (Phi) is 4.94. The monoisotopic (exact) mass is 442 g/mol. The molecule has 2 unspecified atom stereocenters. The van der Waals surface area contributed by atoms with Crippen molar-refractivity contribution >= 4 is 17.0 Å². The van der Waals surface area contributed by atoms with E-state index in [0.717, 1.165) is 59.9 Å². The summed E-state index contributed by atoms with van der Waals surface area (Å²) in [4.78, 5) is 24.7. The molecule has 2 fully saturated rings. The van der Waals surface area contributed by atoms with Gasteiger partial charge in [0.05, 0.1) is 35.0 Å². The Morgan fingerprint density at radius 1 is 1.12 bits per heavy atom. The molecule has 0 spiro atoms. The van der Waals surface area contributed by atoms with Gasteiger partial charge in [0.1, 0.15) is 0 Å². The number of piperazine rings is 1. The van der Waals surface area contributed by atoms with Crippen molar-refractivity contribution in [2.75, 3.05) is 26.2 Å². The van der Waals surface area contributed by atoms with Gasteiger partial charge in [-0.25, -0.2) is 4.52 Å². The molecule has 33 heavy (non-hydrogen) atoms. The Bertz CT molecular complexity index is 1230. The van der Waals surface area contributed by atoms with Gasteiger partial charge >= 0.3 is 0 Å². The maximum Gasteiger partial charge on any atom is 0.255 e. The summed E-state index contributed by atoms with van der Waals surface area (Å²) in [5, 5.41) is 4.75. The van der Waals surface area contributed by atoms with Gasteiger partial charge < -0.3 is 4.90 Å². The summed E-state index contributed by atoms with van der Waals surface area (Å²) in [6, 6.07) is 2.67. The van der Waals surface area contributed by atoms with Crippen LogP contribution in [0, 0.1) is 12.8 Å². The van der Waals surface area contributed by atoms with Crippen LogP contribution in [0.25, 0.3) is 11.1 Å². The summed E-state index contributed by atoms with van der Waals surface area (Å²) in [7, 11) is 0. The molecule has 0 aliphatic carbocycles. The molecule has 0 bridgehead atoms. The number of hydrogen-bond acceptors (Lipinski definition) is 5. The van der Waals surface area contributed by atoms with Crippen molar-refractivity contribution in [3.8, 4) is 0 Å². The van der Waals surface area contributed by atoms with Crippen molar-refractivity contribution in [3.05, 3.63) is 71.7 Å². The number of carbonyl (C=O) groups is 1. The number of hydrogen-bond donors (Lipinski definition) is 0. The quantitative estimate of drug-likeness (QED) is 0.714. The zero-order chi connectivity index (χ0) is 22.5. The Morgan fingerprint density at radius 3 is 2.91 bits per heavy atom. The van der Waals surface area contributed by atoms with Crippen LogP contribution in [0.5, 0.6) is 0 Å². The minimum atomic E-state index is -0.0180. The van der Waals surface area contributed by atoms with E-state index in [0.29, 0.717) is 6.04 Å². The number of fused-ring (bicyclic) bond motifs is 3. The number of nitrogens with zero attached hydrogens (tertiary/aromatic N) is 6. The van der Waals surface area contributed by atoms with E-state index in [-0.39, 0.29) is 11.8 Å². The predicted octanol–water partition coefficient (Wildman–Crippen LogP) is 3.36. The molecule has 4 aliphatic rings. The van der Waals surface area contributed by atoms with E-state index < -0.39 is 0 Å². The predicted molar refractivity (Wildman–Crippen MR) is 128 cm³/mol. The fourth-order valence-electron chi connectivity index (χ4n) is 5.49. The molecule has 0 N–H and O–H groups in total. The number of carbonyl (C=O) groups excluding carboxylic acids is 1. The fourth-order valence-corrected chi connectivity index (χ4v) is 5.49. The molecule has 6 rings (SSSR count). The minimum absolute atomic E-state index is 0.0180. The van der Waals surface area contributed by atoms with E-state index in [1.54, 1.807) is 6.08 Å². The lowest BCUT2D eigenvalue weighted by atomic mass is 9.92. The van der Waals surface area contributed by atoms with Crippen molar-refractivity contribution in [2.24, 2.45) is 5.92 Å². The van der Waals surface area contributed by atoms with Crippen molar-refractivity contribution in [2.45, 2.75) is 39.2 Å². The van der Waals surface area contributed by atoms with Crippen molar-refractivity contribution < 1.29 is 4.79 Å². The van der Waals surface area contributed by atoms with Crippen LogP contribution in [0.15, 0.2) is 60.4 Å². The van der Waals surface area contributed by atoms with Crippen LogP contribution < -0.4 is 0 Å². The van der Waals surface area contributed by atoms with Crippen LogP contribution in [0.1, 0.15) is 37.6 Å². The Morgan fingerprint density at radius 2 is 2.00 bits per heavy atom. The van der Waals surface area contributed by atoms with Crippen LogP contribution >= 0.6 is 0 Å². The highest BCUT2D eigenvalue weighted by atomic mass is 16.2. The zero-order valence-corrected chi connectivity index (χ0v) is 19.3. The highest BCUT2D eigenvalue weighted by Gasteiger charge is 2.32. The first kappa shape index (κ1) is 20.4. The molecule has 4 aliphatic heterocycles. The lowest BCUT2D eigenvalue weighted by Crippen LogP contribution is -2.49. The van der Waals surface area contributed by atoms with Gasteiger partial charge in [0, 0.05) is 43.6 Å². The molecule has 2 aromatic heterocycles. The first-order valence-corrected chi connectivity index (χ1v) is 12.0. The van der Waals surface area contributed by atoms with Crippen LogP contribution in [-0.4, -0.2) is 67.4 Å². The second-order valence-corrected chi connectivity index (χ2v) is 9.67. The first-order chi connectivity index (χ1) is 16.0. The molecule has 0 radical (unpaired) electrons. The number of aromatic nitrogens is 3. The van der Waals surface area contributed by atoms with Crippen molar-refractivity contribution in [1.29, 1.82) is 0 Å². The highest BCUT2D eigenvalue weighted by Crippen LogP contribution is 2.32. The smallest absolute Gasteiger partial charge is 0.255 e. The maximum absolute atomic E-state index is 13.5. The van der Waals surface area contributed by atoms with E-state index in [2.05, 4.69) is 39.9 Å². The number of amides is 1. The van der Waals surface area contributed by atoms with E-state index in [4.69, 9.17) is 5.10 Å². The van der Waals surface area contributed by atoms with E-state index in [9.17, 15) is 4.79 Å². The molecule has 0 aromatic carbocycles. The third-order valence-electron chi connectivity index (χ3n) is 7.41. The number of rotatable bonds is 2. The van der Waals surface area contributed by atoms with Crippen molar-refractivity contribution in [1.82, 2.24) is 29.3 Å². The Balaban J connectivity index is 1.30. The van der Waals surface area contributed by atoms with Crippen LogP contribution in [-0.2, 0) is 4.79 Å². The molecule has 2 atom stereocenters. The molecular weight excluding hydrogens is 412 g/mol. The second kappa shape index (κ2) is 7.99. The third kappa shape index (κ3) is 3.70. The fraction of sp³-hybridized carbons (Fsp3) is 0.423. The van der Waals surface area contributed by atoms with Gasteiger partial charge in [0.15, 0.2) is 0 Å². The lowest BCUT2D eigenvalue weighted by Gasteiger charge is -2.40. The van der Waals surface area contributed by atoms with Crippen LogP contribution in [0.2, 0.25) is 0 Å².